The summed E-state index contributed by atoms with van der Waals surface area (Å²) in [6.07, 6.45) is 0. The number of nitriles is 2. The number of carbonyl (C=O) groups is 1. The van der Waals surface area contributed by atoms with Crippen LogP contribution in [-0.4, -0.2) is 16.7 Å². The van der Waals surface area contributed by atoms with Crippen molar-refractivity contribution in [1.82, 2.24) is 4.98 Å². The Bertz CT molecular complexity index is 981. The lowest BCUT2D eigenvalue weighted by atomic mass is 9.94. The third-order valence-corrected chi connectivity index (χ3v) is 4.42. The molecule has 0 atom stereocenters. The topological polar surface area (TPSA) is 113 Å². The molecule has 0 radical (unpaired) electrons. The molecule has 138 valence electrons. The van der Waals surface area contributed by atoms with Crippen LogP contribution in [0.4, 0.5) is 14.6 Å². The van der Waals surface area contributed by atoms with Crippen molar-refractivity contribution in [2.45, 2.75) is 24.8 Å². The summed E-state index contributed by atoms with van der Waals surface area (Å²) in [5.41, 5.74) is 6.53. The van der Waals surface area contributed by atoms with E-state index < -0.39 is 23.4 Å². The van der Waals surface area contributed by atoms with Crippen molar-refractivity contribution in [2.24, 2.45) is 0 Å². The number of esters is 1. The summed E-state index contributed by atoms with van der Waals surface area (Å²) in [5.74, 6) is -3.52. The molecule has 0 unspecified atom stereocenters. The summed E-state index contributed by atoms with van der Waals surface area (Å²) in [7, 11) is 0. The van der Waals surface area contributed by atoms with Crippen molar-refractivity contribution >= 4 is 23.5 Å². The number of benzene rings is 1. The van der Waals surface area contributed by atoms with E-state index in [1.54, 1.807) is 13.8 Å². The summed E-state index contributed by atoms with van der Waals surface area (Å²) in [4.78, 5) is 16.0. The molecule has 0 fully saturated rings. The van der Waals surface area contributed by atoms with E-state index in [1.807, 2.05) is 12.1 Å². The first kappa shape index (κ1) is 20.1. The number of aromatic nitrogens is 1. The minimum Gasteiger partial charge on any atom is -0.423 e. The van der Waals surface area contributed by atoms with E-state index in [9.17, 15) is 24.1 Å². The Kier molecular flexibility index (Phi) is 6.32. The molecule has 6 nitrogen and oxygen atoms in total. The number of anilines is 1. The molecule has 1 aromatic carbocycles. The van der Waals surface area contributed by atoms with Crippen molar-refractivity contribution in [2.75, 3.05) is 11.5 Å². The highest BCUT2D eigenvalue weighted by atomic mass is 32.2. The highest BCUT2D eigenvalue weighted by Crippen LogP contribution is 2.33. The van der Waals surface area contributed by atoms with E-state index in [1.165, 1.54) is 0 Å². The summed E-state index contributed by atoms with van der Waals surface area (Å²) in [6.45, 7) is 3.60. The number of carbonyl (C=O) groups excluding carboxylic acids is 1. The van der Waals surface area contributed by atoms with Crippen LogP contribution in [0.5, 0.6) is 5.75 Å². The molecule has 0 aliphatic carbocycles. The van der Waals surface area contributed by atoms with Gasteiger partial charge < -0.3 is 10.5 Å². The van der Waals surface area contributed by atoms with Gasteiger partial charge in [-0.05, 0) is 23.6 Å². The minimum atomic E-state index is -1.01. The molecule has 0 saturated heterocycles. The summed E-state index contributed by atoms with van der Waals surface area (Å²) >= 11 is 0.879. The van der Waals surface area contributed by atoms with Crippen molar-refractivity contribution in [3.05, 3.63) is 46.5 Å². The van der Waals surface area contributed by atoms with Gasteiger partial charge in [-0.2, -0.15) is 10.5 Å². The second kappa shape index (κ2) is 8.47. The fourth-order valence-corrected chi connectivity index (χ4v) is 3.12. The van der Waals surface area contributed by atoms with E-state index in [4.69, 9.17) is 10.5 Å². The molecule has 2 N–H and O–H groups in total. The van der Waals surface area contributed by atoms with Gasteiger partial charge in [-0.15, -0.1) is 0 Å². The number of ether oxygens (including phenoxy) is 1. The zero-order valence-electron chi connectivity index (χ0n) is 14.4. The Morgan fingerprint density at radius 2 is 1.96 bits per heavy atom. The van der Waals surface area contributed by atoms with Crippen LogP contribution in [-0.2, 0) is 4.79 Å². The van der Waals surface area contributed by atoms with Gasteiger partial charge in [0.25, 0.3) is 0 Å². The average Bonchev–Trinajstić information content (AvgIpc) is 2.61. The van der Waals surface area contributed by atoms with Gasteiger partial charge in [-0.25, -0.2) is 13.8 Å². The average molecular weight is 388 g/mol. The molecule has 2 rings (SSSR count). The normalized spacial score (nSPS) is 10.3. The first-order valence-electron chi connectivity index (χ1n) is 7.70. The Morgan fingerprint density at radius 1 is 1.30 bits per heavy atom. The number of nitrogen functional groups attached to an aromatic ring is 1. The van der Waals surface area contributed by atoms with Crippen LogP contribution in [0.2, 0.25) is 0 Å². The Balaban J connectivity index is 2.24. The van der Waals surface area contributed by atoms with Crippen LogP contribution in [0, 0.1) is 34.3 Å². The third kappa shape index (κ3) is 4.52. The van der Waals surface area contributed by atoms with Gasteiger partial charge in [-0.1, -0.05) is 25.6 Å². The fraction of sp³-hybridized carbons (Fsp3) is 0.222. The molecular formula is C18H14F2N4O2S. The van der Waals surface area contributed by atoms with E-state index in [-0.39, 0.29) is 33.6 Å². The zero-order chi connectivity index (χ0) is 20.1. The number of pyridine rings is 1. The van der Waals surface area contributed by atoms with Gasteiger partial charge in [0.15, 0.2) is 11.6 Å². The van der Waals surface area contributed by atoms with E-state index in [2.05, 4.69) is 4.98 Å². The predicted octanol–water partition coefficient (Wildman–Crippen LogP) is 3.51. The summed E-state index contributed by atoms with van der Waals surface area (Å²) < 4.78 is 31.3. The van der Waals surface area contributed by atoms with Gasteiger partial charge in [0, 0.05) is 6.07 Å². The standard InChI is InChI=1S/C18H14F2N4O2S/c1-9(2)16-11(6-21)17(23)24-18(12(16)7-22)27-8-15(25)26-14-4-3-10(19)5-13(14)20/h3-5,9H,8H2,1-2H3,(H2,23,24). The quantitative estimate of drug-likeness (QED) is 0.474. The first-order chi connectivity index (χ1) is 12.8. The van der Waals surface area contributed by atoms with Gasteiger partial charge in [0.2, 0.25) is 0 Å². The molecule has 0 saturated carbocycles. The van der Waals surface area contributed by atoms with E-state index >= 15 is 0 Å². The maximum Gasteiger partial charge on any atom is 0.321 e. The van der Waals surface area contributed by atoms with E-state index in [0.29, 0.717) is 11.6 Å². The number of hydrogen-bond donors (Lipinski definition) is 1. The van der Waals surface area contributed by atoms with Gasteiger partial charge in [0.1, 0.15) is 28.8 Å². The van der Waals surface area contributed by atoms with Crippen molar-refractivity contribution in [3.8, 4) is 17.9 Å². The molecule has 0 aliphatic heterocycles. The lowest BCUT2D eigenvalue weighted by molar-refractivity contribution is -0.131. The Hall–Kier alpha value is -3.17. The number of nitrogens with zero attached hydrogens (tertiary/aromatic N) is 3. The molecule has 27 heavy (non-hydrogen) atoms. The van der Waals surface area contributed by atoms with Crippen molar-refractivity contribution < 1.29 is 18.3 Å². The van der Waals surface area contributed by atoms with Crippen LogP contribution in [0.1, 0.15) is 36.5 Å². The molecule has 0 spiro atoms. The number of nitrogens with two attached hydrogens (primary N) is 1. The molecule has 1 aromatic heterocycles. The molecule has 2 aromatic rings. The molecule has 1 heterocycles. The molecule has 0 aliphatic rings. The maximum absolute atomic E-state index is 13.5. The monoisotopic (exact) mass is 388 g/mol. The lowest BCUT2D eigenvalue weighted by Crippen LogP contribution is -2.13. The van der Waals surface area contributed by atoms with E-state index in [0.717, 1.165) is 23.9 Å². The number of rotatable bonds is 5. The fourth-order valence-electron chi connectivity index (χ4n) is 2.34. The smallest absolute Gasteiger partial charge is 0.321 e. The van der Waals surface area contributed by atoms with Crippen LogP contribution >= 0.6 is 11.8 Å². The van der Waals surface area contributed by atoms with Crippen molar-refractivity contribution in [1.29, 1.82) is 10.5 Å². The van der Waals surface area contributed by atoms with Gasteiger partial charge in [-0.3, -0.25) is 4.79 Å². The number of hydrogen-bond acceptors (Lipinski definition) is 7. The SMILES string of the molecule is CC(C)c1c(C#N)c(N)nc(SCC(=O)Oc2ccc(F)cc2F)c1C#N. The third-order valence-electron chi connectivity index (χ3n) is 3.48. The zero-order valence-corrected chi connectivity index (χ0v) is 15.2. The Morgan fingerprint density at radius 3 is 2.52 bits per heavy atom. The minimum absolute atomic E-state index is 0.0411. The van der Waals surface area contributed by atoms with Crippen LogP contribution in [0.3, 0.4) is 0 Å². The van der Waals surface area contributed by atoms with Crippen LogP contribution < -0.4 is 10.5 Å². The van der Waals surface area contributed by atoms with Crippen LogP contribution in [0.15, 0.2) is 23.2 Å². The number of thioether (sulfide) groups is 1. The van der Waals surface area contributed by atoms with Gasteiger partial charge in [0.05, 0.1) is 16.9 Å². The summed E-state index contributed by atoms with van der Waals surface area (Å²) in [5, 5.41) is 18.9. The second-order valence-electron chi connectivity index (χ2n) is 5.68. The molecular weight excluding hydrogens is 374 g/mol. The molecule has 0 bridgehead atoms. The highest BCUT2D eigenvalue weighted by molar-refractivity contribution is 7.99. The van der Waals surface area contributed by atoms with Crippen LogP contribution in [0.25, 0.3) is 0 Å². The largest absolute Gasteiger partial charge is 0.423 e. The van der Waals surface area contributed by atoms with Crippen molar-refractivity contribution in [3.63, 3.8) is 0 Å². The number of halogens is 2. The Labute approximate surface area is 158 Å². The predicted molar refractivity (Wildman–Crippen MR) is 94.9 cm³/mol. The second-order valence-corrected chi connectivity index (χ2v) is 6.65. The lowest BCUT2D eigenvalue weighted by Gasteiger charge is -2.14. The molecule has 9 heteroatoms. The molecule has 0 amide bonds. The maximum atomic E-state index is 13.5. The highest BCUT2D eigenvalue weighted by Gasteiger charge is 2.22. The summed E-state index contributed by atoms with van der Waals surface area (Å²) in [6, 6.07) is 6.50. The first-order valence-corrected chi connectivity index (χ1v) is 8.69. The van der Waals surface area contributed by atoms with Gasteiger partial charge >= 0.3 is 5.97 Å².